The summed E-state index contributed by atoms with van der Waals surface area (Å²) in [4.78, 5) is 25.1. The Morgan fingerprint density at radius 1 is 1.38 bits per heavy atom. The number of amides is 1. The third kappa shape index (κ3) is 3.15. The Hall–Kier alpha value is -2.11. The zero-order valence-corrected chi connectivity index (χ0v) is 12.6. The average Bonchev–Trinajstić information content (AvgIpc) is 2.48. The smallest absolute Gasteiger partial charge is 0.293 e. The molecule has 0 radical (unpaired) electrons. The van der Waals surface area contributed by atoms with E-state index in [-0.39, 0.29) is 17.6 Å². The highest BCUT2D eigenvalue weighted by molar-refractivity contribution is 5.96. The largest absolute Gasteiger partial charge is 0.383 e. The first-order valence-electron chi connectivity index (χ1n) is 7.21. The fourth-order valence-electron chi connectivity index (χ4n) is 2.76. The fourth-order valence-corrected chi connectivity index (χ4v) is 2.76. The van der Waals surface area contributed by atoms with Gasteiger partial charge in [-0.15, -0.1) is 0 Å². The number of nitro groups is 1. The van der Waals surface area contributed by atoms with Gasteiger partial charge in [-0.25, -0.2) is 0 Å². The third-order valence-electron chi connectivity index (χ3n) is 4.09. The van der Waals surface area contributed by atoms with Crippen molar-refractivity contribution in [1.82, 2.24) is 4.90 Å². The van der Waals surface area contributed by atoms with E-state index in [9.17, 15) is 14.9 Å². The monoisotopic (exact) mass is 291 g/mol. The van der Waals surface area contributed by atoms with Gasteiger partial charge in [-0.05, 0) is 37.8 Å². The van der Waals surface area contributed by atoms with Gasteiger partial charge in [0.25, 0.3) is 11.6 Å². The summed E-state index contributed by atoms with van der Waals surface area (Å²) >= 11 is 0. The minimum Gasteiger partial charge on any atom is -0.383 e. The summed E-state index contributed by atoms with van der Waals surface area (Å²) in [7, 11) is 1.62. The molecule has 1 aromatic carbocycles. The zero-order valence-electron chi connectivity index (χ0n) is 12.6. The van der Waals surface area contributed by atoms with Gasteiger partial charge in [0.1, 0.15) is 5.69 Å². The van der Waals surface area contributed by atoms with Gasteiger partial charge >= 0.3 is 0 Å². The van der Waals surface area contributed by atoms with Gasteiger partial charge in [0.05, 0.1) is 4.92 Å². The number of piperidine rings is 1. The van der Waals surface area contributed by atoms with Crippen molar-refractivity contribution in [1.29, 1.82) is 0 Å². The first-order chi connectivity index (χ1) is 9.93. The Morgan fingerprint density at radius 3 is 2.71 bits per heavy atom. The lowest BCUT2D eigenvalue weighted by molar-refractivity contribution is -0.384. The number of carbonyl (C=O) groups is 1. The molecule has 1 N–H and O–H groups in total. The highest BCUT2D eigenvalue weighted by atomic mass is 16.6. The molecule has 6 heteroatoms. The van der Waals surface area contributed by atoms with E-state index in [0.717, 1.165) is 12.8 Å². The van der Waals surface area contributed by atoms with E-state index in [1.54, 1.807) is 19.2 Å². The summed E-state index contributed by atoms with van der Waals surface area (Å²) in [5.41, 5.74) is 0.722. The number of likely N-dealkylation sites (tertiary alicyclic amines) is 1. The van der Waals surface area contributed by atoms with Gasteiger partial charge in [0.2, 0.25) is 0 Å². The first-order valence-corrected chi connectivity index (χ1v) is 7.21. The maximum Gasteiger partial charge on any atom is 0.293 e. The van der Waals surface area contributed by atoms with Crippen LogP contribution in [0.4, 0.5) is 11.4 Å². The number of hydrogen-bond acceptors (Lipinski definition) is 4. The van der Waals surface area contributed by atoms with Gasteiger partial charge in [-0.2, -0.15) is 0 Å². The second-order valence-corrected chi connectivity index (χ2v) is 5.73. The lowest BCUT2D eigenvalue weighted by Gasteiger charge is -2.36. The molecule has 2 atom stereocenters. The Balaban J connectivity index is 2.30. The predicted octanol–water partition coefficient (Wildman–Crippen LogP) is 2.90. The maximum atomic E-state index is 12.6. The van der Waals surface area contributed by atoms with E-state index in [2.05, 4.69) is 12.2 Å². The number of nitrogens with one attached hydrogen (secondary N) is 1. The SMILES string of the molecule is CNc1ccc(C(=O)N2CC(C)CCC2C)cc1[N+](=O)[O-]. The molecular weight excluding hydrogens is 270 g/mol. The zero-order chi connectivity index (χ0) is 15.6. The van der Waals surface area contributed by atoms with Crippen LogP contribution in [0.25, 0.3) is 0 Å². The van der Waals surface area contributed by atoms with Crippen LogP contribution in [0.1, 0.15) is 37.0 Å². The van der Waals surface area contributed by atoms with Crippen LogP contribution in [-0.4, -0.2) is 35.4 Å². The third-order valence-corrected chi connectivity index (χ3v) is 4.09. The molecule has 2 unspecified atom stereocenters. The van der Waals surface area contributed by atoms with Crippen LogP contribution in [-0.2, 0) is 0 Å². The number of benzene rings is 1. The molecule has 0 aromatic heterocycles. The van der Waals surface area contributed by atoms with Crippen LogP contribution in [0, 0.1) is 16.0 Å². The standard InChI is InChI=1S/C15H21N3O3/c1-10-4-5-11(2)17(9-10)15(19)12-6-7-13(16-3)14(8-12)18(20)21/h6-8,10-11,16H,4-5,9H2,1-3H3. The number of hydrogen-bond donors (Lipinski definition) is 1. The number of nitrogens with zero attached hydrogens (tertiary/aromatic N) is 2. The van der Waals surface area contributed by atoms with Crippen molar-refractivity contribution in [3.8, 4) is 0 Å². The number of rotatable bonds is 3. The molecule has 2 rings (SSSR count). The van der Waals surface area contributed by atoms with Crippen LogP contribution in [0.15, 0.2) is 18.2 Å². The second-order valence-electron chi connectivity index (χ2n) is 5.73. The normalized spacial score (nSPS) is 22.0. The lowest BCUT2D eigenvalue weighted by Crippen LogP contribution is -2.44. The topological polar surface area (TPSA) is 75.5 Å². The Bertz CT molecular complexity index is 559. The van der Waals surface area contributed by atoms with Crippen LogP contribution in [0.2, 0.25) is 0 Å². The van der Waals surface area contributed by atoms with Gasteiger partial charge < -0.3 is 10.2 Å². The summed E-state index contributed by atoms with van der Waals surface area (Å²) in [5.74, 6) is 0.344. The number of anilines is 1. The van der Waals surface area contributed by atoms with E-state index < -0.39 is 4.92 Å². The molecule has 0 saturated carbocycles. The first kappa shape index (κ1) is 15.3. The number of carbonyl (C=O) groups excluding carboxylic acids is 1. The minimum absolute atomic E-state index is 0.0685. The van der Waals surface area contributed by atoms with Crippen LogP contribution in [0.3, 0.4) is 0 Å². The van der Waals surface area contributed by atoms with Gasteiger partial charge in [-0.1, -0.05) is 6.92 Å². The summed E-state index contributed by atoms with van der Waals surface area (Å²) in [5, 5.41) is 13.9. The number of nitro benzene ring substituents is 1. The molecule has 114 valence electrons. The average molecular weight is 291 g/mol. The van der Waals surface area contributed by atoms with Gasteiger partial charge in [0, 0.05) is 31.3 Å². The molecule has 1 fully saturated rings. The molecule has 1 heterocycles. The van der Waals surface area contributed by atoms with Gasteiger partial charge in [-0.3, -0.25) is 14.9 Å². The van der Waals surface area contributed by atoms with Crippen molar-refractivity contribution >= 4 is 17.3 Å². The van der Waals surface area contributed by atoms with Crippen molar-refractivity contribution in [2.24, 2.45) is 5.92 Å². The Kier molecular flexibility index (Phi) is 4.45. The van der Waals surface area contributed by atoms with Crippen LogP contribution >= 0.6 is 0 Å². The summed E-state index contributed by atoms with van der Waals surface area (Å²) < 4.78 is 0. The van der Waals surface area contributed by atoms with Crippen molar-refractivity contribution in [3.63, 3.8) is 0 Å². The van der Waals surface area contributed by atoms with Crippen molar-refractivity contribution in [3.05, 3.63) is 33.9 Å². The predicted molar refractivity (Wildman–Crippen MR) is 81.5 cm³/mol. The van der Waals surface area contributed by atoms with E-state index >= 15 is 0 Å². The summed E-state index contributed by atoms with van der Waals surface area (Å²) in [6.07, 6.45) is 2.09. The van der Waals surface area contributed by atoms with Crippen LogP contribution < -0.4 is 5.32 Å². The highest BCUT2D eigenvalue weighted by Gasteiger charge is 2.28. The quantitative estimate of drug-likeness (QED) is 0.686. The molecule has 1 aliphatic rings. The molecule has 0 bridgehead atoms. The Labute approximate surface area is 124 Å². The van der Waals surface area contributed by atoms with E-state index in [1.165, 1.54) is 6.07 Å². The molecule has 6 nitrogen and oxygen atoms in total. The van der Waals surface area contributed by atoms with E-state index in [1.807, 2.05) is 11.8 Å². The van der Waals surface area contributed by atoms with E-state index in [0.29, 0.717) is 23.7 Å². The van der Waals surface area contributed by atoms with E-state index in [4.69, 9.17) is 0 Å². The fraction of sp³-hybridized carbons (Fsp3) is 0.533. The molecule has 1 aliphatic heterocycles. The highest BCUT2D eigenvalue weighted by Crippen LogP contribution is 2.28. The van der Waals surface area contributed by atoms with Crippen LogP contribution in [0.5, 0.6) is 0 Å². The maximum absolute atomic E-state index is 12.6. The minimum atomic E-state index is -0.467. The van der Waals surface area contributed by atoms with Crippen molar-refractivity contribution in [2.45, 2.75) is 32.7 Å². The van der Waals surface area contributed by atoms with Crippen molar-refractivity contribution < 1.29 is 9.72 Å². The Morgan fingerprint density at radius 2 is 2.10 bits per heavy atom. The molecule has 0 aliphatic carbocycles. The molecule has 1 aromatic rings. The van der Waals surface area contributed by atoms with Crippen molar-refractivity contribution in [2.75, 3.05) is 18.9 Å². The second kappa shape index (κ2) is 6.11. The summed E-state index contributed by atoms with van der Waals surface area (Å²) in [6, 6.07) is 4.77. The summed E-state index contributed by atoms with van der Waals surface area (Å²) in [6.45, 7) is 4.86. The molecule has 1 saturated heterocycles. The lowest BCUT2D eigenvalue weighted by atomic mass is 9.94. The molecule has 21 heavy (non-hydrogen) atoms. The molecule has 0 spiro atoms. The molecular formula is C15H21N3O3. The van der Waals surface area contributed by atoms with Gasteiger partial charge in [0.15, 0.2) is 0 Å². The molecule has 1 amide bonds.